The summed E-state index contributed by atoms with van der Waals surface area (Å²) < 4.78 is 35.7. The minimum absolute atomic E-state index is 0.110. The van der Waals surface area contributed by atoms with Crippen LogP contribution in [0.3, 0.4) is 0 Å². The molecule has 5 heteroatoms. The van der Waals surface area contributed by atoms with Crippen LogP contribution >= 0.6 is 0 Å². The number of halogens is 3. The van der Waals surface area contributed by atoms with E-state index in [0.717, 1.165) is 0 Å². The molecule has 1 aliphatic heterocycles. The van der Waals surface area contributed by atoms with Crippen molar-refractivity contribution in [3.8, 4) is 0 Å². The van der Waals surface area contributed by atoms with Gasteiger partial charge in [0.15, 0.2) is 6.10 Å². The van der Waals surface area contributed by atoms with E-state index in [1.54, 1.807) is 0 Å². The van der Waals surface area contributed by atoms with Gasteiger partial charge in [0.25, 0.3) is 0 Å². The van der Waals surface area contributed by atoms with Crippen LogP contribution in [-0.2, 0) is 0 Å². The number of alkyl halides is 3. The summed E-state index contributed by atoms with van der Waals surface area (Å²) in [6, 6.07) is 0. The smallest absolute Gasteiger partial charge is 0.387 e. The predicted molar refractivity (Wildman–Crippen MR) is 37.3 cm³/mol. The van der Waals surface area contributed by atoms with Crippen molar-refractivity contribution in [1.29, 1.82) is 0 Å². The van der Waals surface area contributed by atoms with Crippen molar-refractivity contribution in [2.75, 3.05) is 6.54 Å². The Kier molecular flexibility index (Phi) is 2.42. The summed E-state index contributed by atoms with van der Waals surface area (Å²) in [5.41, 5.74) is -0.110. The average Bonchev–Trinajstić information content (AvgIpc) is 2.03. The van der Waals surface area contributed by atoms with Crippen LogP contribution in [0.5, 0.6) is 0 Å². The summed E-state index contributed by atoms with van der Waals surface area (Å²) in [5, 5.41) is 11.4. The molecule has 2 nitrogen and oxygen atoms in total. The lowest BCUT2D eigenvalue weighted by Crippen LogP contribution is -2.31. The Hall–Kier alpha value is -0.970. The first-order chi connectivity index (χ1) is 5.52. The number of hydrogen-bond donors (Lipinski definition) is 2. The Balaban J connectivity index is 2.70. The van der Waals surface area contributed by atoms with Crippen LogP contribution in [0.15, 0.2) is 23.9 Å². The van der Waals surface area contributed by atoms with Crippen LogP contribution in [0.25, 0.3) is 0 Å². The Labute approximate surface area is 67.4 Å². The highest BCUT2D eigenvalue weighted by Crippen LogP contribution is 2.26. The first-order valence-electron chi connectivity index (χ1n) is 3.36. The molecule has 1 heterocycles. The second-order valence-electron chi connectivity index (χ2n) is 2.39. The normalized spacial score (nSPS) is 19.8. The predicted octanol–water partition coefficient (Wildman–Crippen LogP) is 0.953. The van der Waals surface area contributed by atoms with E-state index >= 15 is 0 Å². The van der Waals surface area contributed by atoms with Gasteiger partial charge in [0.1, 0.15) is 0 Å². The van der Waals surface area contributed by atoms with Crippen LogP contribution in [0.2, 0.25) is 0 Å². The van der Waals surface area contributed by atoms with Crippen molar-refractivity contribution in [2.24, 2.45) is 0 Å². The van der Waals surface area contributed by atoms with Crippen molar-refractivity contribution in [2.45, 2.75) is 12.3 Å². The van der Waals surface area contributed by atoms with Gasteiger partial charge in [0.2, 0.25) is 0 Å². The average molecular weight is 179 g/mol. The lowest BCUT2D eigenvalue weighted by atomic mass is 10.1. The molecule has 1 rings (SSSR count). The molecular formula is C7H8F3NO. The van der Waals surface area contributed by atoms with Crippen molar-refractivity contribution >= 4 is 0 Å². The van der Waals surface area contributed by atoms with Crippen molar-refractivity contribution < 1.29 is 18.3 Å². The Morgan fingerprint density at radius 1 is 1.50 bits per heavy atom. The van der Waals surface area contributed by atoms with Gasteiger partial charge >= 0.3 is 6.18 Å². The van der Waals surface area contributed by atoms with Crippen LogP contribution < -0.4 is 5.32 Å². The molecule has 1 aliphatic rings. The van der Waals surface area contributed by atoms with E-state index in [2.05, 4.69) is 5.32 Å². The lowest BCUT2D eigenvalue weighted by Gasteiger charge is -2.17. The highest BCUT2D eigenvalue weighted by molar-refractivity contribution is 5.27. The zero-order chi connectivity index (χ0) is 9.19. The minimum Gasteiger partial charge on any atom is -0.387 e. The highest BCUT2D eigenvalue weighted by Gasteiger charge is 2.39. The van der Waals surface area contributed by atoms with Gasteiger partial charge in [-0.3, -0.25) is 0 Å². The number of nitrogens with one attached hydrogen (secondary N) is 1. The molecule has 2 N–H and O–H groups in total. The molecular weight excluding hydrogens is 171 g/mol. The van der Waals surface area contributed by atoms with Gasteiger partial charge in [-0.05, 0) is 17.8 Å². The number of aliphatic hydroxyl groups excluding tert-OH is 1. The number of rotatable bonds is 1. The molecule has 0 radical (unpaired) electrons. The van der Waals surface area contributed by atoms with E-state index in [1.807, 2.05) is 0 Å². The van der Waals surface area contributed by atoms with Crippen molar-refractivity contribution in [3.63, 3.8) is 0 Å². The summed E-state index contributed by atoms with van der Waals surface area (Å²) >= 11 is 0. The molecule has 1 atom stereocenters. The molecule has 12 heavy (non-hydrogen) atoms. The SMILES string of the molecule is OC(C1=CCNC=C1)C(F)(F)F. The van der Waals surface area contributed by atoms with Gasteiger partial charge in [-0.2, -0.15) is 13.2 Å². The molecule has 0 aromatic heterocycles. The standard InChI is InChI=1S/C7H8F3NO/c8-7(9,10)6(12)5-1-3-11-4-2-5/h1-3,6,11-12H,4H2. The Bertz CT molecular complexity index is 219. The van der Waals surface area contributed by atoms with E-state index in [1.165, 1.54) is 18.4 Å². The van der Waals surface area contributed by atoms with Gasteiger partial charge in [0.05, 0.1) is 0 Å². The van der Waals surface area contributed by atoms with Gasteiger partial charge in [-0.1, -0.05) is 6.08 Å². The van der Waals surface area contributed by atoms with E-state index in [0.29, 0.717) is 6.54 Å². The molecule has 0 spiro atoms. The lowest BCUT2D eigenvalue weighted by molar-refractivity contribution is -0.190. The third-order valence-electron chi connectivity index (χ3n) is 1.48. The van der Waals surface area contributed by atoms with Crippen LogP contribution in [-0.4, -0.2) is 23.9 Å². The van der Waals surface area contributed by atoms with Crippen LogP contribution in [0.1, 0.15) is 0 Å². The zero-order valence-electron chi connectivity index (χ0n) is 6.10. The molecule has 68 valence electrons. The number of dihydropyridines is 1. The second kappa shape index (κ2) is 3.18. The Morgan fingerprint density at radius 2 is 2.17 bits per heavy atom. The van der Waals surface area contributed by atoms with Crippen LogP contribution in [0.4, 0.5) is 13.2 Å². The zero-order valence-corrected chi connectivity index (χ0v) is 6.10. The quantitative estimate of drug-likeness (QED) is 0.628. The monoisotopic (exact) mass is 179 g/mol. The third kappa shape index (κ3) is 2.01. The maximum atomic E-state index is 11.9. The summed E-state index contributed by atoms with van der Waals surface area (Å²) in [7, 11) is 0. The van der Waals surface area contributed by atoms with Gasteiger partial charge in [-0.15, -0.1) is 0 Å². The molecule has 0 bridgehead atoms. The van der Waals surface area contributed by atoms with E-state index in [9.17, 15) is 13.2 Å². The summed E-state index contributed by atoms with van der Waals surface area (Å²) in [6.07, 6.45) is -3.05. The molecule has 0 saturated carbocycles. The first-order valence-corrected chi connectivity index (χ1v) is 3.36. The molecule has 0 aliphatic carbocycles. The summed E-state index contributed by atoms with van der Waals surface area (Å²) in [6.45, 7) is 0.318. The minimum atomic E-state index is -4.58. The summed E-state index contributed by atoms with van der Waals surface area (Å²) in [5.74, 6) is 0. The van der Waals surface area contributed by atoms with E-state index < -0.39 is 12.3 Å². The number of aliphatic hydroxyl groups is 1. The van der Waals surface area contributed by atoms with E-state index in [4.69, 9.17) is 5.11 Å². The van der Waals surface area contributed by atoms with Gasteiger partial charge in [-0.25, -0.2) is 0 Å². The molecule has 0 amide bonds. The highest BCUT2D eigenvalue weighted by atomic mass is 19.4. The van der Waals surface area contributed by atoms with Crippen molar-refractivity contribution in [3.05, 3.63) is 23.9 Å². The van der Waals surface area contributed by atoms with E-state index in [-0.39, 0.29) is 5.57 Å². The number of hydrogen-bond acceptors (Lipinski definition) is 2. The van der Waals surface area contributed by atoms with Crippen LogP contribution in [0, 0.1) is 0 Å². The Morgan fingerprint density at radius 3 is 2.58 bits per heavy atom. The van der Waals surface area contributed by atoms with Gasteiger partial charge in [0, 0.05) is 6.54 Å². The molecule has 0 aromatic rings. The first kappa shape index (κ1) is 9.12. The second-order valence-corrected chi connectivity index (χ2v) is 2.39. The fourth-order valence-corrected chi connectivity index (χ4v) is 0.860. The van der Waals surface area contributed by atoms with Gasteiger partial charge < -0.3 is 10.4 Å². The maximum Gasteiger partial charge on any atom is 0.418 e. The molecule has 1 unspecified atom stereocenters. The molecule has 0 fully saturated rings. The third-order valence-corrected chi connectivity index (χ3v) is 1.48. The summed E-state index contributed by atoms with van der Waals surface area (Å²) in [4.78, 5) is 0. The topological polar surface area (TPSA) is 32.3 Å². The largest absolute Gasteiger partial charge is 0.418 e. The maximum absolute atomic E-state index is 11.9. The molecule has 0 saturated heterocycles. The fraction of sp³-hybridized carbons (Fsp3) is 0.429. The fourth-order valence-electron chi connectivity index (χ4n) is 0.860. The van der Waals surface area contributed by atoms with Crippen molar-refractivity contribution in [1.82, 2.24) is 5.32 Å². The molecule has 0 aromatic carbocycles.